The molecule has 2 rings (SSSR count). The summed E-state index contributed by atoms with van der Waals surface area (Å²) in [6.45, 7) is 2.82. The van der Waals surface area contributed by atoms with E-state index < -0.39 is 11.9 Å². The summed E-state index contributed by atoms with van der Waals surface area (Å²) in [5.41, 5.74) is -0.841. The molecule has 22 heavy (non-hydrogen) atoms. The van der Waals surface area contributed by atoms with Gasteiger partial charge in [-0.15, -0.1) is 35.3 Å². The van der Waals surface area contributed by atoms with Crippen molar-refractivity contribution in [1.29, 1.82) is 0 Å². The van der Waals surface area contributed by atoms with Crippen molar-refractivity contribution in [1.82, 2.24) is 15.6 Å². The summed E-state index contributed by atoms with van der Waals surface area (Å²) in [7, 11) is 0. The van der Waals surface area contributed by atoms with Gasteiger partial charge in [0.25, 0.3) is 0 Å². The molecular formula is C13H20F3IN4S. The topological polar surface area (TPSA) is 49.3 Å². The molecule has 0 aromatic carbocycles. The van der Waals surface area contributed by atoms with E-state index in [2.05, 4.69) is 20.6 Å². The van der Waals surface area contributed by atoms with Crippen molar-refractivity contribution in [3.05, 3.63) is 16.1 Å². The zero-order chi connectivity index (χ0) is 15.3. The molecule has 1 heterocycles. The van der Waals surface area contributed by atoms with E-state index in [0.29, 0.717) is 23.6 Å². The monoisotopic (exact) mass is 448 g/mol. The average molecular weight is 448 g/mol. The third-order valence-corrected chi connectivity index (χ3v) is 4.09. The summed E-state index contributed by atoms with van der Waals surface area (Å²) in [6, 6.07) is 0.407. The van der Waals surface area contributed by atoms with Crippen LogP contribution in [0.4, 0.5) is 13.2 Å². The number of halogens is 4. The predicted molar refractivity (Wildman–Crippen MR) is 92.7 cm³/mol. The van der Waals surface area contributed by atoms with E-state index in [1.807, 2.05) is 6.92 Å². The summed E-state index contributed by atoms with van der Waals surface area (Å²) in [5, 5.41) is 7.82. The molecule has 2 N–H and O–H groups in total. The number of hydrogen-bond donors (Lipinski definition) is 2. The highest BCUT2D eigenvalue weighted by atomic mass is 127. The molecule has 9 heteroatoms. The van der Waals surface area contributed by atoms with Gasteiger partial charge in [0.1, 0.15) is 5.01 Å². The van der Waals surface area contributed by atoms with Crippen LogP contribution in [0, 0.1) is 0 Å². The minimum absolute atomic E-state index is 0. The number of aromatic nitrogens is 1. The van der Waals surface area contributed by atoms with E-state index in [0.717, 1.165) is 29.6 Å². The highest BCUT2D eigenvalue weighted by molar-refractivity contribution is 14.0. The molecular weight excluding hydrogens is 428 g/mol. The van der Waals surface area contributed by atoms with Gasteiger partial charge in [-0.3, -0.25) is 0 Å². The number of guanidine groups is 1. The first-order chi connectivity index (χ1) is 9.99. The fourth-order valence-corrected chi connectivity index (χ4v) is 2.97. The molecule has 0 atom stereocenters. The summed E-state index contributed by atoms with van der Waals surface area (Å²) < 4.78 is 37.4. The second-order valence-electron chi connectivity index (χ2n) is 4.95. The Morgan fingerprint density at radius 3 is 2.64 bits per heavy atom. The van der Waals surface area contributed by atoms with E-state index >= 15 is 0 Å². The van der Waals surface area contributed by atoms with Crippen LogP contribution in [0.25, 0.3) is 0 Å². The van der Waals surface area contributed by atoms with Crippen LogP contribution in [0.1, 0.15) is 43.3 Å². The van der Waals surface area contributed by atoms with Crippen molar-refractivity contribution < 1.29 is 13.2 Å². The Labute approximate surface area is 149 Å². The first-order valence-corrected chi connectivity index (χ1v) is 7.93. The third-order valence-electron chi connectivity index (χ3n) is 3.25. The van der Waals surface area contributed by atoms with Crippen molar-refractivity contribution >= 4 is 41.3 Å². The predicted octanol–water partition coefficient (Wildman–Crippen LogP) is 3.78. The van der Waals surface area contributed by atoms with E-state index in [1.54, 1.807) is 0 Å². The number of hydrogen-bond acceptors (Lipinski definition) is 3. The number of rotatable bonds is 4. The van der Waals surface area contributed by atoms with Crippen molar-refractivity contribution in [2.45, 2.75) is 51.4 Å². The average Bonchev–Trinajstić information content (AvgIpc) is 3.06. The summed E-state index contributed by atoms with van der Waals surface area (Å²) in [4.78, 5) is 7.89. The van der Waals surface area contributed by atoms with Crippen LogP contribution < -0.4 is 10.6 Å². The number of alkyl halides is 3. The van der Waals surface area contributed by atoms with Crippen molar-refractivity contribution in [2.24, 2.45) is 4.99 Å². The number of thiazole rings is 1. The lowest BCUT2D eigenvalue weighted by molar-refractivity contribution is -0.140. The maximum atomic E-state index is 12.5. The van der Waals surface area contributed by atoms with Crippen LogP contribution in [0.2, 0.25) is 0 Å². The third kappa shape index (κ3) is 5.90. The van der Waals surface area contributed by atoms with Gasteiger partial charge in [-0.1, -0.05) is 12.8 Å². The fourth-order valence-electron chi connectivity index (χ4n) is 2.24. The Hall–Kier alpha value is -0.580. The summed E-state index contributed by atoms with van der Waals surface area (Å²) in [6.07, 6.45) is 0.252. The van der Waals surface area contributed by atoms with Gasteiger partial charge in [-0.25, -0.2) is 9.98 Å². The smallest absolute Gasteiger partial charge is 0.357 e. The Kier molecular flexibility index (Phi) is 7.87. The van der Waals surface area contributed by atoms with Crippen LogP contribution in [-0.4, -0.2) is 23.5 Å². The van der Waals surface area contributed by atoms with Crippen LogP contribution in [0.5, 0.6) is 0 Å². The fraction of sp³-hybridized carbons (Fsp3) is 0.692. The first-order valence-electron chi connectivity index (χ1n) is 7.05. The van der Waals surface area contributed by atoms with Gasteiger partial charge in [-0.2, -0.15) is 13.2 Å². The molecule has 0 saturated heterocycles. The normalized spacial score (nSPS) is 16.5. The highest BCUT2D eigenvalue weighted by Gasteiger charge is 2.33. The van der Waals surface area contributed by atoms with Gasteiger partial charge in [0.15, 0.2) is 11.7 Å². The highest BCUT2D eigenvalue weighted by Crippen LogP contribution is 2.30. The largest absolute Gasteiger partial charge is 0.434 e. The molecule has 0 radical (unpaired) electrons. The molecule has 0 spiro atoms. The lowest BCUT2D eigenvalue weighted by Crippen LogP contribution is -2.42. The molecule has 1 saturated carbocycles. The van der Waals surface area contributed by atoms with Gasteiger partial charge in [0.05, 0.1) is 6.54 Å². The SMILES string of the molecule is CCNC(=NCc1nc(C(F)(F)F)cs1)NC1CCCC1.I. The lowest BCUT2D eigenvalue weighted by atomic mass is 10.2. The maximum absolute atomic E-state index is 12.5. The van der Waals surface area contributed by atoms with Crippen molar-refractivity contribution in [3.63, 3.8) is 0 Å². The molecule has 1 aromatic rings. The van der Waals surface area contributed by atoms with Crippen LogP contribution >= 0.6 is 35.3 Å². The Morgan fingerprint density at radius 2 is 2.09 bits per heavy atom. The second-order valence-corrected chi connectivity index (χ2v) is 5.89. The zero-order valence-corrected chi connectivity index (χ0v) is 15.4. The van der Waals surface area contributed by atoms with Crippen molar-refractivity contribution in [2.75, 3.05) is 6.54 Å². The minimum Gasteiger partial charge on any atom is -0.357 e. The van der Waals surface area contributed by atoms with E-state index in [4.69, 9.17) is 0 Å². The van der Waals surface area contributed by atoms with E-state index in [1.165, 1.54) is 12.8 Å². The lowest BCUT2D eigenvalue weighted by Gasteiger charge is -2.16. The standard InChI is InChI=1S/C13H19F3N4S.HI/c1-2-17-12(19-9-5-3-4-6-9)18-7-11-20-10(8-21-11)13(14,15)16;/h8-9H,2-7H2,1H3,(H2,17,18,19);1H. The maximum Gasteiger partial charge on any atom is 0.434 e. The van der Waals surface area contributed by atoms with Gasteiger partial charge in [0, 0.05) is 18.0 Å². The number of nitrogens with one attached hydrogen (secondary N) is 2. The first kappa shape index (κ1) is 19.5. The Balaban J connectivity index is 0.00000242. The van der Waals surface area contributed by atoms with Gasteiger partial charge >= 0.3 is 6.18 Å². The van der Waals surface area contributed by atoms with Crippen molar-refractivity contribution in [3.8, 4) is 0 Å². The minimum atomic E-state index is -4.38. The quantitative estimate of drug-likeness (QED) is 0.419. The van der Waals surface area contributed by atoms with E-state index in [-0.39, 0.29) is 30.5 Å². The Bertz CT molecular complexity index is 484. The zero-order valence-electron chi connectivity index (χ0n) is 12.2. The molecule has 1 aliphatic carbocycles. The van der Waals surface area contributed by atoms with Gasteiger partial charge in [-0.05, 0) is 19.8 Å². The molecule has 4 nitrogen and oxygen atoms in total. The van der Waals surface area contributed by atoms with E-state index in [9.17, 15) is 13.2 Å². The van der Waals surface area contributed by atoms with Crippen LogP contribution in [0.3, 0.4) is 0 Å². The Morgan fingerprint density at radius 1 is 1.41 bits per heavy atom. The number of nitrogens with zero attached hydrogens (tertiary/aromatic N) is 2. The molecule has 0 bridgehead atoms. The summed E-state index contributed by atoms with van der Waals surface area (Å²) in [5.74, 6) is 0.646. The van der Waals surface area contributed by atoms with Gasteiger partial charge < -0.3 is 10.6 Å². The van der Waals surface area contributed by atoms with Crippen LogP contribution in [-0.2, 0) is 12.7 Å². The molecule has 0 amide bonds. The summed E-state index contributed by atoms with van der Waals surface area (Å²) >= 11 is 0.985. The molecule has 1 aromatic heterocycles. The van der Waals surface area contributed by atoms with Gasteiger partial charge in [0.2, 0.25) is 0 Å². The second kappa shape index (κ2) is 8.90. The van der Waals surface area contributed by atoms with Crippen LogP contribution in [0.15, 0.2) is 10.4 Å². The molecule has 126 valence electrons. The molecule has 0 aliphatic heterocycles. The molecule has 1 aliphatic rings. The molecule has 1 fully saturated rings. The molecule has 0 unspecified atom stereocenters. The number of aliphatic imine (C=N–C) groups is 1.